The van der Waals surface area contributed by atoms with Gasteiger partial charge in [0, 0.05) is 11.1 Å². The van der Waals surface area contributed by atoms with Crippen LogP contribution in [0.15, 0.2) is 34.8 Å². The summed E-state index contributed by atoms with van der Waals surface area (Å²) in [7, 11) is 0. The largest absolute Gasteiger partial charge is 0.506 e. The normalized spacial score (nSPS) is 21.5. The minimum atomic E-state index is -1.08. The highest BCUT2D eigenvalue weighted by Crippen LogP contribution is 2.37. The van der Waals surface area contributed by atoms with Gasteiger partial charge >= 0.3 is 11.9 Å². The molecule has 1 N–H and O–H groups in total. The van der Waals surface area contributed by atoms with Crippen molar-refractivity contribution < 1.29 is 29.0 Å². The van der Waals surface area contributed by atoms with Crippen molar-refractivity contribution in [2.24, 2.45) is 16.8 Å². The lowest BCUT2D eigenvalue weighted by atomic mass is 9.86. The number of rotatable bonds is 5. The molecule has 1 aromatic carbocycles. The predicted molar refractivity (Wildman–Crippen MR) is 92.9 cm³/mol. The molecule has 7 nitrogen and oxygen atoms in total. The quantitative estimate of drug-likeness (QED) is 0.808. The fourth-order valence-electron chi connectivity index (χ4n) is 3.30. The van der Waals surface area contributed by atoms with Crippen molar-refractivity contribution in [3.8, 4) is 0 Å². The Morgan fingerprint density at radius 2 is 1.73 bits per heavy atom. The second kappa shape index (κ2) is 7.11. The van der Waals surface area contributed by atoms with E-state index < -0.39 is 29.6 Å². The number of nitrogens with zero attached hydrogens (tertiary/aromatic N) is 1. The number of hydrogen-bond acceptors (Lipinski definition) is 7. The number of aliphatic hydroxyl groups excluding tert-OH is 1. The molecule has 0 amide bonds. The highest BCUT2D eigenvalue weighted by Gasteiger charge is 2.48. The maximum Gasteiger partial charge on any atom is 0.315 e. The minimum Gasteiger partial charge on any atom is -0.506 e. The molecule has 2 atom stereocenters. The lowest BCUT2D eigenvalue weighted by Gasteiger charge is -2.18. The Bertz CT molecular complexity index is 838. The number of benzene rings is 1. The van der Waals surface area contributed by atoms with E-state index in [4.69, 9.17) is 9.47 Å². The number of allylic oxidation sites excluding steroid dienone is 1. The molecule has 1 aliphatic carbocycles. The number of Topliss-reactive ketones (excluding diaryl/α,β-unsaturated/α-hetero) is 1. The molecule has 0 bridgehead atoms. The molecule has 0 saturated carbocycles. The van der Waals surface area contributed by atoms with Crippen LogP contribution in [0.1, 0.15) is 29.8 Å². The first kappa shape index (κ1) is 17.8. The number of carbonyl (C=O) groups is 3. The minimum absolute atomic E-state index is 0.00193. The van der Waals surface area contributed by atoms with Crippen molar-refractivity contribution >= 4 is 29.2 Å². The van der Waals surface area contributed by atoms with Crippen molar-refractivity contribution in [1.29, 1.82) is 0 Å². The highest BCUT2D eigenvalue weighted by molar-refractivity contribution is 6.38. The molecule has 3 rings (SSSR count). The molecule has 136 valence electrons. The van der Waals surface area contributed by atoms with Gasteiger partial charge in [-0.2, -0.15) is 0 Å². The van der Waals surface area contributed by atoms with Crippen LogP contribution in [0, 0.1) is 11.8 Å². The summed E-state index contributed by atoms with van der Waals surface area (Å²) in [6, 6.07) is 6.60. The van der Waals surface area contributed by atoms with Gasteiger partial charge in [-0.1, -0.05) is 24.3 Å². The Labute approximate surface area is 150 Å². The average molecular weight is 357 g/mol. The van der Waals surface area contributed by atoms with E-state index in [-0.39, 0.29) is 36.8 Å². The molecular formula is C19H19NO6. The zero-order chi connectivity index (χ0) is 18.8. The first-order valence-corrected chi connectivity index (χ1v) is 8.46. The molecule has 1 heterocycles. The molecule has 7 heteroatoms. The fraction of sp³-hybridized carbons (Fsp3) is 0.368. The van der Waals surface area contributed by atoms with Crippen molar-refractivity contribution in [1.82, 2.24) is 0 Å². The first-order chi connectivity index (χ1) is 12.5. The summed E-state index contributed by atoms with van der Waals surface area (Å²) in [5, 5.41) is 10.5. The second-order valence-electron chi connectivity index (χ2n) is 5.91. The van der Waals surface area contributed by atoms with Crippen LogP contribution in [-0.4, -0.2) is 48.3 Å². The SMILES string of the molecule is CCOC(=O)[C@H]1C(C2=C(O)c3ccccc3C2=O)=NC[C@H]1C(=O)OCC. The topological polar surface area (TPSA) is 102 Å². The molecule has 0 fully saturated rings. The third-order valence-electron chi connectivity index (χ3n) is 4.43. The highest BCUT2D eigenvalue weighted by atomic mass is 16.5. The van der Waals surface area contributed by atoms with Gasteiger partial charge in [0.15, 0.2) is 5.78 Å². The molecule has 1 aromatic rings. The number of aliphatic imine (C=N–C) groups is 1. The summed E-state index contributed by atoms with van der Waals surface area (Å²) < 4.78 is 10.1. The van der Waals surface area contributed by atoms with E-state index >= 15 is 0 Å². The summed E-state index contributed by atoms with van der Waals surface area (Å²) >= 11 is 0. The standard InChI is InChI=1S/C19H19NO6/c1-3-25-18(23)12-9-20-15(13(12)19(24)26-4-2)14-16(21)10-7-5-6-8-11(10)17(14)22/h5-8,12-13,21H,3-4,9H2,1-2H3/t12-,13-/m1/s1. The van der Waals surface area contributed by atoms with E-state index in [1.807, 2.05) is 0 Å². The Morgan fingerprint density at radius 3 is 2.35 bits per heavy atom. The van der Waals surface area contributed by atoms with Gasteiger partial charge in [-0.3, -0.25) is 19.4 Å². The van der Waals surface area contributed by atoms with Crippen molar-refractivity contribution in [3.63, 3.8) is 0 Å². The van der Waals surface area contributed by atoms with Gasteiger partial charge in [-0.25, -0.2) is 0 Å². The Kier molecular flexibility index (Phi) is 4.88. The lowest BCUT2D eigenvalue weighted by molar-refractivity contribution is -0.156. The van der Waals surface area contributed by atoms with Crippen molar-refractivity contribution in [2.45, 2.75) is 13.8 Å². The van der Waals surface area contributed by atoms with Gasteiger partial charge in [0.1, 0.15) is 11.7 Å². The average Bonchev–Trinajstić information content (AvgIpc) is 3.16. The van der Waals surface area contributed by atoms with E-state index in [2.05, 4.69) is 4.99 Å². The molecule has 0 aromatic heterocycles. The van der Waals surface area contributed by atoms with Crippen LogP contribution >= 0.6 is 0 Å². The Balaban J connectivity index is 2.01. The fourth-order valence-corrected chi connectivity index (χ4v) is 3.30. The molecule has 1 aliphatic heterocycles. The van der Waals surface area contributed by atoms with E-state index in [1.54, 1.807) is 38.1 Å². The van der Waals surface area contributed by atoms with E-state index in [0.717, 1.165) is 0 Å². The smallest absolute Gasteiger partial charge is 0.315 e. The first-order valence-electron chi connectivity index (χ1n) is 8.46. The van der Waals surface area contributed by atoms with E-state index in [9.17, 15) is 19.5 Å². The van der Waals surface area contributed by atoms with Gasteiger partial charge in [0.2, 0.25) is 0 Å². The number of esters is 2. The number of ether oxygens (including phenoxy) is 2. The summed E-state index contributed by atoms with van der Waals surface area (Å²) in [5.41, 5.74) is 0.763. The monoisotopic (exact) mass is 357 g/mol. The third-order valence-corrected chi connectivity index (χ3v) is 4.43. The lowest BCUT2D eigenvalue weighted by Crippen LogP contribution is -2.36. The van der Waals surface area contributed by atoms with Crippen molar-refractivity contribution in [3.05, 3.63) is 41.0 Å². The number of hydrogen-bond donors (Lipinski definition) is 1. The Hall–Kier alpha value is -2.96. The molecule has 0 spiro atoms. The second-order valence-corrected chi connectivity index (χ2v) is 5.91. The van der Waals surface area contributed by atoms with Gasteiger partial charge in [-0.05, 0) is 13.8 Å². The predicted octanol–water partition coefficient (Wildman–Crippen LogP) is 1.97. The number of carbonyl (C=O) groups excluding carboxylic acids is 3. The number of aliphatic hydroxyl groups is 1. The molecule has 2 aliphatic rings. The number of fused-ring (bicyclic) bond motifs is 1. The van der Waals surface area contributed by atoms with Crippen LogP contribution < -0.4 is 0 Å². The molecule has 0 unspecified atom stereocenters. The van der Waals surface area contributed by atoms with Crippen LogP contribution in [-0.2, 0) is 19.1 Å². The molecule has 0 radical (unpaired) electrons. The van der Waals surface area contributed by atoms with E-state index in [1.165, 1.54) is 0 Å². The summed E-state index contributed by atoms with van der Waals surface area (Å²) in [6.45, 7) is 3.60. The number of ketones is 1. The zero-order valence-electron chi connectivity index (χ0n) is 14.5. The van der Waals surface area contributed by atoms with Gasteiger partial charge in [0.05, 0.1) is 37.0 Å². The van der Waals surface area contributed by atoms with Gasteiger partial charge in [0.25, 0.3) is 0 Å². The summed E-state index contributed by atoms with van der Waals surface area (Å²) in [6.07, 6.45) is 0. The maximum absolute atomic E-state index is 12.8. The third kappa shape index (κ3) is 2.79. The maximum atomic E-state index is 12.8. The summed E-state index contributed by atoms with van der Waals surface area (Å²) in [5.74, 6) is -3.85. The van der Waals surface area contributed by atoms with Gasteiger partial charge < -0.3 is 14.6 Å². The molecular weight excluding hydrogens is 338 g/mol. The van der Waals surface area contributed by atoms with Gasteiger partial charge in [-0.15, -0.1) is 0 Å². The Morgan fingerprint density at radius 1 is 1.12 bits per heavy atom. The zero-order valence-corrected chi connectivity index (χ0v) is 14.5. The van der Waals surface area contributed by atoms with Crippen molar-refractivity contribution in [2.75, 3.05) is 19.8 Å². The van der Waals surface area contributed by atoms with Crippen LogP contribution in [0.2, 0.25) is 0 Å². The molecule has 0 saturated heterocycles. The van der Waals surface area contributed by atoms with Crippen LogP contribution in [0.25, 0.3) is 5.76 Å². The van der Waals surface area contributed by atoms with E-state index in [0.29, 0.717) is 11.1 Å². The summed E-state index contributed by atoms with van der Waals surface area (Å²) in [4.78, 5) is 41.7. The molecule has 26 heavy (non-hydrogen) atoms. The van der Waals surface area contributed by atoms with Crippen LogP contribution in [0.4, 0.5) is 0 Å². The van der Waals surface area contributed by atoms with Crippen LogP contribution in [0.3, 0.4) is 0 Å². The van der Waals surface area contributed by atoms with Crippen LogP contribution in [0.5, 0.6) is 0 Å².